The fraction of sp³-hybridized carbons (Fsp3) is 0.130. The van der Waals surface area contributed by atoms with Crippen LogP contribution in [0.3, 0.4) is 0 Å². The molecule has 0 aromatic heterocycles. The van der Waals surface area contributed by atoms with Gasteiger partial charge in [0.2, 0.25) is 5.91 Å². The molecule has 3 aromatic carbocycles. The number of hydrazone groups is 1. The van der Waals surface area contributed by atoms with Crippen LogP contribution in [0, 0.1) is 10.1 Å². The summed E-state index contributed by atoms with van der Waals surface area (Å²) in [6.07, 6.45) is 1.20. The molecule has 0 saturated carbocycles. The Kier molecular flexibility index (Phi) is 8.68. The molecule has 8 nitrogen and oxygen atoms in total. The number of nitrogens with zero attached hydrogens (tertiary/aromatic N) is 2. The van der Waals surface area contributed by atoms with Crippen LogP contribution in [0.15, 0.2) is 76.7 Å². The van der Waals surface area contributed by atoms with E-state index in [0.29, 0.717) is 10.8 Å². The smallest absolute Gasteiger partial charge is 0.282 e. The van der Waals surface area contributed by atoms with Crippen LogP contribution in [-0.4, -0.2) is 29.9 Å². The van der Waals surface area contributed by atoms with Gasteiger partial charge < -0.3 is 9.47 Å². The number of nitrogens with one attached hydrogen (secondary N) is 1. The third-order valence-electron chi connectivity index (χ3n) is 4.32. The Bertz CT molecular complexity index is 1140. The zero-order chi connectivity index (χ0) is 23.6. The zero-order valence-corrected chi connectivity index (χ0v) is 19.1. The number of nitro groups is 1. The summed E-state index contributed by atoms with van der Waals surface area (Å²) in [5.74, 6) is 0.302. The number of amides is 1. The highest BCUT2D eigenvalue weighted by atomic mass is 35.5. The number of rotatable bonds is 10. The van der Waals surface area contributed by atoms with Crippen molar-refractivity contribution in [2.75, 3.05) is 12.9 Å². The number of benzene rings is 3. The van der Waals surface area contributed by atoms with Gasteiger partial charge in [0, 0.05) is 9.92 Å². The first-order valence-corrected chi connectivity index (χ1v) is 11.1. The Morgan fingerprint density at radius 3 is 2.55 bits per heavy atom. The van der Waals surface area contributed by atoms with E-state index in [1.807, 2.05) is 30.3 Å². The molecule has 0 fully saturated rings. The summed E-state index contributed by atoms with van der Waals surface area (Å²) >= 11 is 7.15. The van der Waals surface area contributed by atoms with Crippen LogP contribution in [0.2, 0.25) is 5.02 Å². The molecule has 0 bridgehead atoms. The quantitative estimate of drug-likeness (QED) is 0.186. The fourth-order valence-electron chi connectivity index (χ4n) is 2.72. The summed E-state index contributed by atoms with van der Waals surface area (Å²) < 4.78 is 11.1. The second kappa shape index (κ2) is 11.9. The minimum atomic E-state index is -0.547. The third-order valence-corrected chi connectivity index (χ3v) is 5.59. The van der Waals surface area contributed by atoms with Crippen LogP contribution in [-0.2, 0) is 11.4 Å². The lowest BCUT2D eigenvalue weighted by Crippen LogP contribution is -2.19. The monoisotopic (exact) mass is 485 g/mol. The van der Waals surface area contributed by atoms with Crippen LogP contribution in [0.1, 0.15) is 11.1 Å². The number of nitro benzene ring substituents is 1. The van der Waals surface area contributed by atoms with Crippen LogP contribution < -0.4 is 14.9 Å². The van der Waals surface area contributed by atoms with E-state index >= 15 is 0 Å². The Hall–Kier alpha value is -3.56. The molecule has 0 heterocycles. The van der Waals surface area contributed by atoms with Gasteiger partial charge in [-0.05, 0) is 35.9 Å². The summed E-state index contributed by atoms with van der Waals surface area (Å²) in [4.78, 5) is 23.9. The molecule has 0 aliphatic carbocycles. The molecule has 10 heteroatoms. The first-order chi connectivity index (χ1) is 16.0. The van der Waals surface area contributed by atoms with Crippen molar-refractivity contribution in [3.05, 3.63) is 93.0 Å². The Balaban J connectivity index is 1.66. The van der Waals surface area contributed by atoms with Crippen LogP contribution in [0.5, 0.6) is 11.5 Å². The predicted octanol–water partition coefficient (Wildman–Crippen LogP) is 5.08. The Morgan fingerprint density at radius 2 is 1.88 bits per heavy atom. The molecule has 0 radical (unpaired) electrons. The van der Waals surface area contributed by atoms with Crippen molar-refractivity contribution in [3.8, 4) is 11.5 Å². The van der Waals surface area contributed by atoms with Crippen LogP contribution in [0.4, 0.5) is 5.69 Å². The van der Waals surface area contributed by atoms with Gasteiger partial charge in [-0.2, -0.15) is 5.10 Å². The number of halogens is 1. The normalized spacial score (nSPS) is 10.7. The van der Waals surface area contributed by atoms with Gasteiger partial charge in [-0.1, -0.05) is 41.9 Å². The third kappa shape index (κ3) is 7.23. The average Bonchev–Trinajstić information content (AvgIpc) is 2.83. The first kappa shape index (κ1) is 24.1. The predicted molar refractivity (Wildman–Crippen MR) is 128 cm³/mol. The molecular weight excluding hydrogens is 466 g/mol. The maximum Gasteiger partial charge on any atom is 0.282 e. The number of hydrogen-bond donors (Lipinski definition) is 1. The maximum absolute atomic E-state index is 12.0. The van der Waals surface area contributed by atoms with Crippen LogP contribution in [0.25, 0.3) is 0 Å². The number of carbonyl (C=O) groups is 1. The van der Waals surface area contributed by atoms with Gasteiger partial charge >= 0.3 is 0 Å². The second-order valence-electron chi connectivity index (χ2n) is 6.63. The minimum Gasteiger partial charge on any atom is -0.493 e. The second-order valence-corrected chi connectivity index (χ2v) is 8.11. The molecule has 3 rings (SSSR count). The number of carbonyl (C=O) groups excluding carboxylic acids is 1. The van der Waals surface area contributed by atoms with Crippen molar-refractivity contribution < 1.29 is 19.2 Å². The molecule has 0 spiro atoms. The van der Waals surface area contributed by atoms with Crippen molar-refractivity contribution in [3.63, 3.8) is 0 Å². The minimum absolute atomic E-state index is 0.122. The van der Waals surface area contributed by atoms with E-state index in [0.717, 1.165) is 10.5 Å². The van der Waals surface area contributed by atoms with E-state index in [1.165, 1.54) is 37.2 Å². The highest BCUT2D eigenvalue weighted by Crippen LogP contribution is 2.34. The fourth-order valence-corrected chi connectivity index (χ4v) is 3.54. The van der Waals surface area contributed by atoms with Gasteiger partial charge in [-0.3, -0.25) is 14.9 Å². The number of thioether (sulfide) groups is 1. The molecule has 1 amide bonds. The van der Waals surface area contributed by atoms with Gasteiger partial charge in [0.05, 0.1) is 35.6 Å². The molecule has 0 atom stereocenters. The van der Waals surface area contributed by atoms with Crippen molar-refractivity contribution in [2.24, 2.45) is 5.10 Å². The van der Waals surface area contributed by atoms with Crippen molar-refractivity contribution >= 4 is 41.2 Å². The Morgan fingerprint density at radius 1 is 1.15 bits per heavy atom. The average molecular weight is 486 g/mol. The summed E-state index contributed by atoms with van der Waals surface area (Å²) in [6.45, 7) is 0.225. The molecular formula is C23H20ClN3O5S. The lowest BCUT2D eigenvalue weighted by molar-refractivity contribution is -0.385. The largest absolute Gasteiger partial charge is 0.493 e. The number of ether oxygens (including phenoxy) is 2. The molecule has 0 unspecified atom stereocenters. The molecule has 0 saturated heterocycles. The molecule has 170 valence electrons. The summed E-state index contributed by atoms with van der Waals surface area (Å²) in [7, 11) is 1.44. The molecule has 0 aliphatic rings. The van der Waals surface area contributed by atoms with Gasteiger partial charge in [-0.25, -0.2) is 5.43 Å². The number of methoxy groups -OCH3 is 1. The topological polar surface area (TPSA) is 103 Å². The lowest BCUT2D eigenvalue weighted by atomic mass is 10.1. The zero-order valence-electron chi connectivity index (χ0n) is 17.6. The van der Waals surface area contributed by atoms with Crippen molar-refractivity contribution in [1.82, 2.24) is 5.43 Å². The highest BCUT2D eigenvalue weighted by Gasteiger charge is 2.19. The van der Waals surface area contributed by atoms with E-state index in [2.05, 4.69) is 10.5 Å². The van der Waals surface area contributed by atoms with E-state index in [1.54, 1.807) is 24.3 Å². The van der Waals surface area contributed by atoms with Gasteiger partial charge in [0.25, 0.3) is 5.69 Å². The van der Waals surface area contributed by atoms with Gasteiger partial charge in [-0.15, -0.1) is 11.8 Å². The van der Waals surface area contributed by atoms with E-state index < -0.39 is 4.92 Å². The van der Waals surface area contributed by atoms with Crippen molar-refractivity contribution in [1.29, 1.82) is 0 Å². The summed E-state index contributed by atoms with van der Waals surface area (Å²) in [5.41, 5.74) is 3.21. The highest BCUT2D eigenvalue weighted by molar-refractivity contribution is 8.00. The SMILES string of the molecule is COc1cc(/C=N\NC(=O)CSc2ccc(Cl)cc2)c([N+](=O)[O-])cc1OCc1ccccc1. The van der Waals surface area contributed by atoms with Gasteiger partial charge in [0.1, 0.15) is 6.61 Å². The summed E-state index contributed by atoms with van der Waals surface area (Å²) in [6, 6.07) is 19.2. The molecule has 3 aromatic rings. The maximum atomic E-state index is 12.0. The molecule has 0 aliphatic heterocycles. The standard InChI is InChI=1S/C23H20ClN3O5S/c1-31-21-11-17(13-25-26-23(28)15-33-19-9-7-18(24)8-10-19)20(27(29)30)12-22(21)32-14-16-5-3-2-4-6-16/h2-13H,14-15H2,1H3,(H,26,28)/b25-13-. The molecule has 33 heavy (non-hydrogen) atoms. The first-order valence-electron chi connectivity index (χ1n) is 9.69. The summed E-state index contributed by atoms with van der Waals surface area (Å²) in [5, 5.41) is 16.0. The van der Waals surface area contributed by atoms with Crippen LogP contribution >= 0.6 is 23.4 Å². The van der Waals surface area contributed by atoms with Crippen molar-refractivity contribution in [2.45, 2.75) is 11.5 Å². The number of hydrogen-bond acceptors (Lipinski definition) is 7. The van der Waals surface area contributed by atoms with E-state index in [-0.39, 0.29) is 35.3 Å². The van der Waals surface area contributed by atoms with E-state index in [9.17, 15) is 14.9 Å². The Labute approximate surface area is 199 Å². The lowest BCUT2D eigenvalue weighted by Gasteiger charge is -2.12. The van der Waals surface area contributed by atoms with Gasteiger partial charge in [0.15, 0.2) is 11.5 Å². The molecule has 1 N–H and O–H groups in total. The van der Waals surface area contributed by atoms with E-state index in [4.69, 9.17) is 21.1 Å².